The zero-order valence-corrected chi connectivity index (χ0v) is 10.7. The molecule has 0 radical (unpaired) electrons. The van der Waals surface area contributed by atoms with E-state index in [2.05, 4.69) is 0 Å². The summed E-state index contributed by atoms with van der Waals surface area (Å²) >= 11 is 0. The fourth-order valence-electron chi connectivity index (χ4n) is 2.27. The summed E-state index contributed by atoms with van der Waals surface area (Å²) in [6.45, 7) is 7.02. The van der Waals surface area contributed by atoms with Gasteiger partial charge in [-0.25, -0.2) is 0 Å². The number of hydrogen-bond donors (Lipinski definition) is 1. The van der Waals surface area contributed by atoms with Crippen LogP contribution in [0, 0.1) is 5.92 Å². The molecule has 0 aromatic heterocycles. The molecule has 0 bridgehead atoms. The third-order valence-electron chi connectivity index (χ3n) is 3.33. The molecule has 1 N–H and O–H groups in total. The maximum atomic E-state index is 11.9. The first-order chi connectivity index (χ1) is 8.08. The number of amides is 1. The first kappa shape index (κ1) is 14.0. The van der Waals surface area contributed by atoms with Crippen molar-refractivity contribution < 1.29 is 14.7 Å². The van der Waals surface area contributed by atoms with E-state index in [4.69, 9.17) is 5.11 Å². The Morgan fingerprint density at radius 1 is 1.35 bits per heavy atom. The van der Waals surface area contributed by atoms with Gasteiger partial charge in [-0.05, 0) is 33.2 Å². The second kappa shape index (κ2) is 6.59. The molecule has 1 aliphatic rings. The number of piperidine rings is 1. The standard InChI is InChI=1S/C12H22N2O3/c1-3-14(4-2)11(15)9-13-7-5-6-10(8-13)12(16)17/h10H,3-9H2,1-2H3,(H,16,17)/t10-/m0/s1. The molecule has 98 valence electrons. The van der Waals surface area contributed by atoms with Gasteiger partial charge in [0.05, 0.1) is 12.5 Å². The second-order valence-corrected chi connectivity index (χ2v) is 4.48. The van der Waals surface area contributed by atoms with Gasteiger partial charge in [0.1, 0.15) is 0 Å². The zero-order valence-electron chi connectivity index (χ0n) is 10.7. The van der Waals surface area contributed by atoms with Gasteiger partial charge in [-0.15, -0.1) is 0 Å². The van der Waals surface area contributed by atoms with E-state index >= 15 is 0 Å². The highest BCUT2D eigenvalue weighted by molar-refractivity contribution is 5.78. The molecule has 0 aromatic carbocycles. The predicted molar refractivity (Wildman–Crippen MR) is 64.7 cm³/mol. The van der Waals surface area contributed by atoms with Crippen molar-refractivity contribution in [2.45, 2.75) is 26.7 Å². The van der Waals surface area contributed by atoms with Gasteiger partial charge in [0.2, 0.25) is 5.91 Å². The zero-order chi connectivity index (χ0) is 12.8. The third kappa shape index (κ3) is 4.00. The number of rotatable bonds is 5. The van der Waals surface area contributed by atoms with Crippen molar-refractivity contribution in [2.75, 3.05) is 32.7 Å². The minimum atomic E-state index is -0.745. The number of likely N-dealkylation sites (tertiary alicyclic amines) is 1. The molecular weight excluding hydrogens is 220 g/mol. The monoisotopic (exact) mass is 242 g/mol. The van der Waals surface area contributed by atoms with Crippen molar-refractivity contribution in [1.29, 1.82) is 0 Å². The van der Waals surface area contributed by atoms with Gasteiger partial charge in [0, 0.05) is 19.6 Å². The Hall–Kier alpha value is -1.10. The molecule has 1 amide bonds. The minimum Gasteiger partial charge on any atom is -0.481 e. The summed E-state index contributed by atoms with van der Waals surface area (Å²) in [5, 5.41) is 8.97. The predicted octanol–water partition coefficient (Wildman–Crippen LogP) is 0.651. The van der Waals surface area contributed by atoms with Gasteiger partial charge in [-0.3, -0.25) is 14.5 Å². The summed E-state index contributed by atoms with van der Waals surface area (Å²) in [7, 11) is 0. The highest BCUT2D eigenvalue weighted by Crippen LogP contribution is 2.16. The van der Waals surface area contributed by atoms with E-state index in [-0.39, 0.29) is 11.8 Å². The first-order valence-corrected chi connectivity index (χ1v) is 6.31. The number of carboxylic acids is 1. The fraction of sp³-hybridized carbons (Fsp3) is 0.833. The van der Waals surface area contributed by atoms with Crippen LogP contribution in [-0.2, 0) is 9.59 Å². The van der Waals surface area contributed by atoms with E-state index in [1.165, 1.54) is 0 Å². The highest BCUT2D eigenvalue weighted by atomic mass is 16.4. The van der Waals surface area contributed by atoms with Gasteiger partial charge in [-0.1, -0.05) is 0 Å². The lowest BCUT2D eigenvalue weighted by molar-refractivity contribution is -0.144. The lowest BCUT2D eigenvalue weighted by Gasteiger charge is -2.31. The Morgan fingerprint density at radius 2 is 2.00 bits per heavy atom. The van der Waals surface area contributed by atoms with Crippen LogP contribution in [0.4, 0.5) is 0 Å². The second-order valence-electron chi connectivity index (χ2n) is 4.48. The van der Waals surface area contributed by atoms with Crippen LogP contribution >= 0.6 is 0 Å². The molecule has 0 unspecified atom stereocenters. The molecule has 0 saturated carbocycles. The molecule has 5 heteroatoms. The van der Waals surface area contributed by atoms with Crippen LogP contribution in [0.15, 0.2) is 0 Å². The largest absolute Gasteiger partial charge is 0.481 e. The van der Waals surface area contributed by atoms with Gasteiger partial charge in [0.15, 0.2) is 0 Å². The van der Waals surface area contributed by atoms with Crippen LogP contribution in [0.5, 0.6) is 0 Å². The first-order valence-electron chi connectivity index (χ1n) is 6.31. The average Bonchev–Trinajstić information content (AvgIpc) is 2.30. The van der Waals surface area contributed by atoms with Gasteiger partial charge < -0.3 is 10.0 Å². The molecule has 5 nitrogen and oxygen atoms in total. The average molecular weight is 242 g/mol. The smallest absolute Gasteiger partial charge is 0.307 e. The van der Waals surface area contributed by atoms with Gasteiger partial charge in [-0.2, -0.15) is 0 Å². The van der Waals surface area contributed by atoms with E-state index in [0.29, 0.717) is 26.2 Å². The van der Waals surface area contributed by atoms with Crippen LogP contribution in [-0.4, -0.2) is 59.5 Å². The molecule has 0 spiro atoms. The normalized spacial score (nSPS) is 21.2. The van der Waals surface area contributed by atoms with Crippen molar-refractivity contribution in [2.24, 2.45) is 5.92 Å². The minimum absolute atomic E-state index is 0.0982. The highest BCUT2D eigenvalue weighted by Gasteiger charge is 2.26. The van der Waals surface area contributed by atoms with Crippen LogP contribution < -0.4 is 0 Å². The Balaban J connectivity index is 2.45. The van der Waals surface area contributed by atoms with Crippen LogP contribution in [0.25, 0.3) is 0 Å². The Kier molecular flexibility index (Phi) is 5.41. The van der Waals surface area contributed by atoms with Crippen LogP contribution in [0.2, 0.25) is 0 Å². The summed E-state index contributed by atoms with van der Waals surface area (Å²) in [4.78, 5) is 26.5. The summed E-state index contributed by atoms with van der Waals surface area (Å²) in [5.74, 6) is -0.959. The van der Waals surface area contributed by atoms with Crippen LogP contribution in [0.1, 0.15) is 26.7 Å². The molecule has 1 saturated heterocycles. The lowest BCUT2D eigenvalue weighted by Crippen LogP contribution is -2.45. The molecular formula is C12H22N2O3. The SMILES string of the molecule is CCN(CC)C(=O)CN1CCC[C@H](C(=O)O)C1. The van der Waals surface area contributed by atoms with Crippen molar-refractivity contribution in [3.63, 3.8) is 0 Å². The van der Waals surface area contributed by atoms with E-state index < -0.39 is 5.97 Å². The lowest BCUT2D eigenvalue weighted by atomic mass is 9.98. The van der Waals surface area contributed by atoms with Crippen molar-refractivity contribution >= 4 is 11.9 Å². The number of nitrogens with zero attached hydrogens (tertiary/aromatic N) is 2. The molecule has 1 atom stereocenters. The molecule has 1 aliphatic heterocycles. The van der Waals surface area contributed by atoms with Gasteiger partial charge in [0.25, 0.3) is 0 Å². The number of likely N-dealkylation sites (N-methyl/N-ethyl adjacent to an activating group) is 1. The third-order valence-corrected chi connectivity index (χ3v) is 3.33. The van der Waals surface area contributed by atoms with Crippen molar-refractivity contribution in [3.05, 3.63) is 0 Å². The van der Waals surface area contributed by atoms with Crippen LogP contribution in [0.3, 0.4) is 0 Å². The number of carbonyl (C=O) groups is 2. The van der Waals surface area contributed by atoms with E-state index in [1.54, 1.807) is 4.90 Å². The molecule has 1 heterocycles. The number of carbonyl (C=O) groups excluding carboxylic acids is 1. The number of aliphatic carboxylic acids is 1. The summed E-state index contributed by atoms with van der Waals surface area (Å²) in [6, 6.07) is 0. The Labute approximate surface area is 102 Å². The summed E-state index contributed by atoms with van der Waals surface area (Å²) in [5.41, 5.74) is 0. The summed E-state index contributed by atoms with van der Waals surface area (Å²) < 4.78 is 0. The van der Waals surface area contributed by atoms with E-state index in [1.807, 2.05) is 18.7 Å². The summed E-state index contributed by atoms with van der Waals surface area (Å²) in [6.07, 6.45) is 1.59. The number of carboxylic acid groups (broad SMARTS) is 1. The molecule has 0 aromatic rings. The molecule has 0 aliphatic carbocycles. The van der Waals surface area contributed by atoms with Crippen molar-refractivity contribution in [3.8, 4) is 0 Å². The molecule has 17 heavy (non-hydrogen) atoms. The maximum absolute atomic E-state index is 11.9. The van der Waals surface area contributed by atoms with E-state index in [0.717, 1.165) is 19.4 Å². The molecule has 1 fully saturated rings. The quantitative estimate of drug-likeness (QED) is 0.769. The van der Waals surface area contributed by atoms with E-state index in [9.17, 15) is 9.59 Å². The van der Waals surface area contributed by atoms with Gasteiger partial charge >= 0.3 is 5.97 Å². The topological polar surface area (TPSA) is 60.9 Å². The Bertz CT molecular complexity index is 277. The van der Waals surface area contributed by atoms with Crippen molar-refractivity contribution in [1.82, 2.24) is 9.80 Å². The molecule has 1 rings (SSSR count). The maximum Gasteiger partial charge on any atom is 0.307 e. The number of hydrogen-bond acceptors (Lipinski definition) is 3. The Morgan fingerprint density at radius 3 is 2.53 bits per heavy atom. The fourth-order valence-corrected chi connectivity index (χ4v) is 2.27.